The summed E-state index contributed by atoms with van der Waals surface area (Å²) >= 11 is 6.05. The van der Waals surface area contributed by atoms with Crippen LogP contribution in [0.3, 0.4) is 0 Å². The first kappa shape index (κ1) is 10.2. The molecule has 0 aromatic heterocycles. The number of hydrogen-bond acceptors (Lipinski definition) is 2. The third kappa shape index (κ3) is 1.65. The van der Waals surface area contributed by atoms with E-state index in [4.69, 9.17) is 16.3 Å². The quantitative estimate of drug-likeness (QED) is 0.769. The highest BCUT2D eigenvalue weighted by molar-refractivity contribution is 6.32. The first-order valence-electron chi connectivity index (χ1n) is 5.12. The second-order valence-electron chi connectivity index (χ2n) is 3.67. The van der Waals surface area contributed by atoms with Gasteiger partial charge in [0.2, 0.25) is 0 Å². The minimum Gasteiger partial charge on any atom is -0.453 e. The van der Waals surface area contributed by atoms with Crippen molar-refractivity contribution >= 4 is 23.2 Å². The van der Waals surface area contributed by atoms with E-state index in [1.165, 1.54) is 0 Å². The van der Waals surface area contributed by atoms with Crippen molar-refractivity contribution in [3.05, 3.63) is 53.1 Å². The Hall–Kier alpha value is -2.00. The molecule has 0 bridgehead atoms. The van der Waals surface area contributed by atoms with Gasteiger partial charge in [0.1, 0.15) is 5.75 Å². The van der Waals surface area contributed by atoms with E-state index in [9.17, 15) is 4.79 Å². The van der Waals surface area contributed by atoms with Crippen LogP contribution in [0.1, 0.15) is 10.4 Å². The van der Waals surface area contributed by atoms with Crippen LogP contribution in [-0.4, -0.2) is 5.91 Å². The molecule has 2 aromatic rings. The first-order chi connectivity index (χ1) is 8.25. The van der Waals surface area contributed by atoms with Crippen LogP contribution in [-0.2, 0) is 0 Å². The van der Waals surface area contributed by atoms with Gasteiger partial charge < -0.3 is 10.1 Å². The van der Waals surface area contributed by atoms with Crippen molar-refractivity contribution in [1.29, 1.82) is 0 Å². The van der Waals surface area contributed by atoms with Gasteiger partial charge in [0.15, 0.2) is 5.75 Å². The van der Waals surface area contributed by atoms with Crippen LogP contribution in [0.5, 0.6) is 11.5 Å². The minimum atomic E-state index is -0.193. The highest BCUT2D eigenvalue weighted by Crippen LogP contribution is 2.40. The Morgan fingerprint density at radius 2 is 1.88 bits per heavy atom. The number of halogens is 1. The van der Waals surface area contributed by atoms with E-state index in [2.05, 4.69) is 5.32 Å². The van der Waals surface area contributed by atoms with Gasteiger partial charge in [0, 0.05) is 0 Å². The van der Waals surface area contributed by atoms with Gasteiger partial charge in [-0.25, -0.2) is 0 Å². The lowest BCUT2D eigenvalue weighted by Gasteiger charge is -2.08. The van der Waals surface area contributed by atoms with E-state index in [-0.39, 0.29) is 5.91 Å². The molecule has 0 saturated heterocycles. The van der Waals surface area contributed by atoms with Crippen molar-refractivity contribution in [1.82, 2.24) is 0 Å². The first-order valence-corrected chi connectivity index (χ1v) is 5.50. The number of para-hydroxylation sites is 2. The van der Waals surface area contributed by atoms with E-state index >= 15 is 0 Å². The zero-order chi connectivity index (χ0) is 11.8. The van der Waals surface area contributed by atoms with Crippen molar-refractivity contribution < 1.29 is 9.53 Å². The molecule has 0 unspecified atom stereocenters. The summed E-state index contributed by atoms with van der Waals surface area (Å²) in [6, 6.07) is 12.3. The maximum Gasteiger partial charge on any atom is 0.259 e. The third-order valence-corrected chi connectivity index (χ3v) is 2.86. The molecule has 84 valence electrons. The fourth-order valence-electron chi connectivity index (χ4n) is 1.75. The SMILES string of the molecule is O=C1Nc2cccc(Cl)c2Oc2ccccc21. The molecule has 17 heavy (non-hydrogen) atoms. The van der Waals surface area contributed by atoms with Gasteiger partial charge in [-0.05, 0) is 24.3 Å². The Balaban J connectivity index is 2.21. The predicted octanol–water partition coefficient (Wildman–Crippen LogP) is 3.70. The van der Waals surface area contributed by atoms with E-state index in [1.54, 1.807) is 36.4 Å². The maximum atomic E-state index is 11.9. The number of hydrogen-bond donors (Lipinski definition) is 1. The number of fused-ring (bicyclic) bond motifs is 2. The number of amides is 1. The highest BCUT2D eigenvalue weighted by atomic mass is 35.5. The number of ether oxygens (including phenoxy) is 1. The van der Waals surface area contributed by atoms with Gasteiger partial charge in [-0.2, -0.15) is 0 Å². The number of benzene rings is 2. The lowest BCUT2D eigenvalue weighted by atomic mass is 10.2. The fraction of sp³-hybridized carbons (Fsp3) is 0. The predicted molar refractivity (Wildman–Crippen MR) is 65.9 cm³/mol. The van der Waals surface area contributed by atoms with Crippen molar-refractivity contribution in [2.75, 3.05) is 5.32 Å². The number of rotatable bonds is 0. The Morgan fingerprint density at radius 3 is 2.76 bits per heavy atom. The number of carbonyl (C=O) groups is 1. The molecule has 3 nitrogen and oxygen atoms in total. The fourth-order valence-corrected chi connectivity index (χ4v) is 1.97. The van der Waals surface area contributed by atoms with Crippen LogP contribution in [0.4, 0.5) is 5.69 Å². The van der Waals surface area contributed by atoms with Crippen molar-refractivity contribution in [3.8, 4) is 11.5 Å². The average molecular weight is 246 g/mol. The van der Waals surface area contributed by atoms with E-state index in [0.717, 1.165) is 0 Å². The summed E-state index contributed by atoms with van der Waals surface area (Å²) in [5.41, 5.74) is 1.08. The zero-order valence-corrected chi connectivity index (χ0v) is 9.49. The molecule has 1 amide bonds. The molecule has 1 aliphatic rings. The normalized spacial score (nSPS) is 12.9. The summed E-state index contributed by atoms with van der Waals surface area (Å²) in [4.78, 5) is 11.9. The van der Waals surface area contributed by atoms with Crippen LogP contribution in [0.25, 0.3) is 0 Å². The molecular weight excluding hydrogens is 238 g/mol. The molecule has 2 aromatic carbocycles. The van der Waals surface area contributed by atoms with Crippen molar-refractivity contribution in [3.63, 3.8) is 0 Å². The van der Waals surface area contributed by atoms with Crippen LogP contribution in [0, 0.1) is 0 Å². The number of carbonyl (C=O) groups excluding carboxylic acids is 1. The summed E-state index contributed by atoms with van der Waals surface area (Å²) in [6.07, 6.45) is 0. The Kier molecular flexibility index (Phi) is 2.27. The minimum absolute atomic E-state index is 0.193. The Morgan fingerprint density at radius 1 is 1.06 bits per heavy atom. The van der Waals surface area contributed by atoms with Crippen LogP contribution >= 0.6 is 11.6 Å². The van der Waals surface area contributed by atoms with Gasteiger partial charge >= 0.3 is 0 Å². The number of anilines is 1. The largest absolute Gasteiger partial charge is 0.453 e. The molecule has 1 heterocycles. The van der Waals surface area contributed by atoms with Gasteiger partial charge in [0.25, 0.3) is 5.91 Å². The van der Waals surface area contributed by atoms with Gasteiger partial charge in [-0.15, -0.1) is 0 Å². The molecule has 0 saturated carbocycles. The van der Waals surface area contributed by atoms with Crippen LogP contribution < -0.4 is 10.1 Å². The van der Waals surface area contributed by atoms with Crippen molar-refractivity contribution in [2.45, 2.75) is 0 Å². The second-order valence-corrected chi connectivity index (χ2v) is 4.08. The van der Waals surface area contributed by atoms with Gasteiger partial charge in [0.05, 0.1) is 16.3 Å². The highest BCUT2D eigenvalue weighted by Gasteiger charge is 2.21. The van der Waals surface area contributed by atoms with Crippen molar-refractivity contribution in [2.24, 2.45) is 0 Å². The molecule has 4 heteroatoms. The number of nitrogens with one attached hydrogen (secondary N) is 1. The zero-order valence-electron chi connectivity index (χ0n) is 8.74. The van der Waals surface area contributed by atoms with E-state index < -0.39 is 0 Å². The summed E-state index contributed by atoms with van der Waals surface area (Å²) in [6.45, 7) is 0. The second kappa shape index (κ2) is 3.79. The molecule has 3 rings (SSSR count). The van der Waals surface area contributed by atoms with E-state index in [0.29, 0.717) is 27.8 Å². The summed E-state index contributed by atoms with van der Waals surface area (Å²) < 4.78 is 5.69. The topological polar surface area (TPSA) is 38.3 Å². The smallest absolute Gasteiger partial charge is 0.259 e. The van der Waals surface area contributed by atoms with Crippen LogP contribution in [0.2, 0.25) is 5.02 Å². The molecule has 1 N–H and O–H groups in total. The standard InChI is InChI=1S/C13H8ClNO2/c14-9-5-3-6-10-12(9)17-11-7-2-1-4-8(11)13(16)15-10/h1-7H,(H,15,16). The Bertz CT molecular complexity index is 610. The molecule has 0 aliphatic carbocycles. The van der Waals surface area contributed by atoms with Gasteiger partial charge in [-0.1, -0.05) is 29.8 Å². The van der Waals surface area contributed by atoms with Crippen LogP contribution in [0.15, 0.2) is 42.5 Å². The summed E-state index contributed by atoms with van der Waals surface area (Å²) in [5, 5.41) is 3.24. The third-order valence-electron chi connectivity index (χ3n) is 2.56. The Labute approximate surface area is 103 Å². The molecule has 0 radical (unpaired) electrons. The molecule has 0 atom stereocenters. The summed E-state index contributed by atoms with van der Waals surface area (Å²) in [7, 11) is 0. The molecular formula is C13H8ClNO2. The summed E-state index contributed by atoms with van der Waals surface area (Å²) in [5.74, 6) is 0.797. The average Bonchev–Trinajstić information content (AvgIpc) is 2.47. The monoisotopic (exact) mass is 245 g/mol. The molecule has 1 aliphatic heterocycles. The van der Waals surface area contributed by atoms with Gasteiger partial charge in [-0.3, -0.25) is 4.79 Å². The van der Waals surface area contributed by atoms with E-state index in [1.807, 2.05) is 6.07 Å². The molecule has 0 spiro atoms. The molecule has 0 fully saturated rings. The maximum absolute atomic E-state index is 11.9. The lowest BCUT2D eigenvalue weighted by Crippen LogP contribution is -2.10. The lowest BCUT2D eigenvalue weighted by molar-refractivity contribution is 0.102.